The summed E-state index contributed by atoms with van der Waals surface area (Å²) in [5.74, 6) is 1.54. The summed E-state index contributed by atoms with van der Waals surface area (Å²) < 4.78 is 11.3. The predicted octanol–water partition coefficient (Wildman–Crippen LogP) is 3.96. The van der Waals surface area contributed by atoms with Crippen LogP contribution in [0.4, 0.5) is 0 Å². The molecule has 0 aliphatic carbocycles. The lowest BCUT2D eigenvalue weighted by Gasteiger charge is -2.15. The fraction of sp³-hybridized carbons (Fsp3) is 0.294. The second kappa shape index (κ2) is 7.34. The summed E-state index contributed by atoms with van der Waals surface area (Å²) in [5, 5.41) is 3.74. The van der Waals surface area contributed by atoms with Crippen LogP contribution in [0.15, 0.2) is 36.4 Å². The van der Waals surface area contributed by atoms with Gasteiger partial charge in [0.25, 0.3) is 0 Å². The van der Waals surface area contributed by atoms with Crippen LogP contribution in [0.3, 0.4) is 0 Å². The quantitative estimate of drug-likeness (QED) is 0.876. The van der Waals surface area contributed by atoms with Crippen molar-refractivity contribution in [2.75, 3.05) is 14.2 Å². The lowest BCUT2D eigenvalue weighted by molar-refractivity contribution is 0.293. The minimum Gasteiger partial charge on any atom is -0.496 e. The Kier molecular flexibility index (Phi) is 5.48. The molecule has 4 heteroatoms. The minimum atomic E-state index is 0.422. The topological polar surface area (TPSA) is 30.5 Å². The number of aryl methyl sites for hydroxylation is 1. The third-order valence-electron chi connectivity index (χ3n) is 3.22. The Labute approximate surface area is 130 Å². The van der Waals surface area contributed by atoms with Crippen molar-refractivity contribution in [3.05, 3.63) is 58.1 Å². The van der Waals surface area contributed by atoms with Gasteiger partial charge in [-0.25, -0.2) is 0 Å². The summed E-state index contributed by atoms with van der Waals surface area (Å²) in [7, 11) is 3.56. The highest BCUT2D eigenvalue weighted by Gasteiger charge is 2.10. The third-order valence-corrected chi connectivity index (χ3v) is 3.52. The molecule has 0 amide bonds. The Morgan fingerprint density at radius 2 is 1.95 bits per heavy atom. The Hall–Kier alpha value is -1.71. The van der Waals surface area contributed by atoms with Gasteiger partial charge in [0.2, 0.25) is 0 Å². The molecule has 0 heterocycles. The van der Waals surface area contributed by atoms with Crippen LogP contribution in [0.1, 0.15) is 16.7 Å². The van der Waals surface area contributed by atoms with Crippen LogP contribution in [0.5, 0.6) is 11.5 Å². The molecule has 0 spiro atoms. The Balaban J connectivity index is 2.22. The van der Waals surface area contributed by atoms with Gasteiger partial charge in [0.15, 0.2) is 0 Å². The van der Waals surface area contributed by atoms with Crippen LogP contribution in [-0.4, -0.2) is 14.2 Å². The van der Waals surface area contributed by atoms with Crippen molar-refractivity contribution >= 4 is 11.6 Å². The second-order valence-electron chi connectivity index (χ2n) is 4.86. The number of rotatable bonds is 6. The molecule has 0 bridgehead atoms. The molecular formula is C17H20ClNO2. The third kappa shape index (κ3) is 3.90. The lowest BCUT2D eigenvalue weighted by Crippen LogP contribution is -2.08. The van der Waals surface area contributed by atoms with Gasteiger partial charge in [-0.05, 0) is 32.2 Å². The molecule has 21 heavy (non-hydrogen) atoms. The molecule has 2 rings (SSSR count). The van der Waals surface area contributed by atoms with Crippen LogP contribution in [0, 0.1) is 6.92 Å². The van der Waals surface area contributed by atoms with E-state index in [1.165, 1.54) is 5.56 Å². The van der Waals surface area contributed by atoms with Crippen molar-refractivity contribution in [1.82, 2.24) is 5.32 Å². The molecule has 0 saturated heterocycles. The summed E-state index contributed by atoms with van der Waals surface area (Å²) >= 11 is 6.25. The van der Waals surface area contributed by atoms with Crippen LogP contribution in [0.2, 0.25) is 5.02 Å². The normalized spacial score (nSPS) is 10.5. The number of methoxy groups -OCH3 is 1. The smallest absolute Gasteiger partial charge is 0.142 e. The van der Waals surface area contributed by atoms with Crippen molar-refractivity contribution in [3.63, 3.8) is 0 Å². The van der Waals surface area contributed by atoms with E-state index in [0.29, 0.717) is 18.2 Å². The minimum absolute atomic E-state index is 0.422. The van der Waals surface area contributed by atoms with E-state index in [1.807, 2.05) is 44.3 Å². The summed E-state index contributed by atoms with van der Waals surface area (Å²) in [4.78, 5) is 0. The molecule has 2 aromatic carbocycles. The Bertz CT molecular complexity index is 614. The molecule has 0 unspecified atom stereocenters. The van der Waals surface area contributed by atoms with Gasteiger partial charge in [0.1, 0.15) is 18.1 Å². The van der Waals surface area contributed by atoms with Gasteiger partial charge in [0, 0.05) is 17.7 Å². The molecular weight excluding hydrogens is 286 g/mol. The molecule has 2 aromatic rings. The SMILES string of the molecule is CNCc1cccc(Cl)c1OCc1cc(C)ccc1OC. The fourth-order valence-electron chi connectivity index (χ4n) is 2.21. The van der Waals surface area contributed by atoms with Gasteiger partial charge in [-0.15, -0.1) is 0 Å². The van der Waals surface area contributed by atoms with E-state index in [1.54, 1.807) is 7.11 Å². The highest BCUT2D eigenvalue weighted by atomic mass is 35.5. The van der Waals surface area contributed by atoms with Crippen LogP contribution < -0.4 is 14.8 Å². The molecule has 0 saturated carbocycles. The first kappa shape index (κ1) is 15.7. The molecule has 0 fully saturated rings. The molecule has 0 atom stereocenters. The first-order valence-corrected chi connectivity index (χ1v) is 7.21. The van der Waals surface area contributed by atoms with Gasteiger partial charge in [0.05, 0.1) is 12.1 Å². The van der Waals surface area contributed by atoms with Gasteiger partial charge in [-0.1, -0.05) is 35.4 Å². The monoisotopic (exact) mass is 305 g/mol. The lowest BCUT2D eigenvalue weighted by atomic mass is 10.1. The van der Waals surface area contributed by atoms with Crippen molar-refractivity contribution < 1.29 is 9.47 Å². The molecule has 0 radical (unpaired) electrons. The van der Waals surface area contributed by atoms with E-state index < -0.39 is 0 Å². The van der Waals surface area contributed by atoms with Crippen molar-refractivity contribution in [3.8, 4) is 11.5 Å². The summed E-state index contributed by atoms with van der Waals surface area (Å²) in [6.45, 7) is 3.18. The molecule has 0 aromatic heterocycles. The van der Waals surface area contributed by atoms with Gasteiger partial charge in [-0.3, -0.25) is 0 Å². The van der Waals surface area contributed by atoms with Crippen molar-refractivity contribution in [2.24, 2.45) is 0 Å². The maximum atomic E-state index is 6.25. The standard InChI is InChI=1S/C17H20ClNO2/c1-12-7-8-16(20-3)14(9-12)11-21-17-13(10-19-2)5-4-6-15(17)18/h4-9,19H,10-11H2,1-3H3. The van der Waals surface area contributed by atoms with Gasteiger partial charge >= 0.3 is 0 Å². The average Bonchev–Trinajstić information content (AvgIpc) is 2.47. The van der Waals surface area contributed by atoms with Crippen LogP contribution in [0.25, 0.3) is 0 Å². The van der Waals surface area contributed by atoms with Gasteiger partial charge in [-0.2, -0.15) is 0 Å². The van der Waals surface area contributed by atoms with Crippen molar-refractivity contribution in [2.45, 2.75) is 20.1 Å². The first-order chi connectivity index (χ1) is 10.2. The zero-order valence-corrected chi connectivity index (χ0v) is 13.3. The Morgan fingerprint density at radius 3 is 2.67 bits per heavy atom. The zero-order valence-electron chi connectivity index (χ0n) is 12.6. The van der Waals surface area contributed by atoms with Crippen LogP contribution in [-0.2, 0) is 13.2 Å². The van der Waals surface area contributed by atoms with E-state index in [4.69, 9.17) is 21.1 Å². The number of para-hydroxylation sites is 1. The van der Waals surface area contributed by atoms with E-state index in [0.717, 1.165) is 22.6 Å². The Morgan fingerprint density at radius 1 is 1.14 bits per heavy atom. The van der Waals surface area contributed by atoms with Crippen molar-refractivity contribution in [1.29, 1.82) is 0 Å². The molecule has 0 aliphatic heterocycles. The number of nitrogens with one attached hydrogen (secondary N) is 1. The maximum Gasteiger partial charge on any atom is 0.142 e. The average molecular weight is 306 g/mol. The highest BCUT2D eigenvalue weighted by molar-refractivity contribution is 6.32. The molecule has 1 N–H and O–H groups in total. The number of halogens is 1. The molecule has 0 aliphatic rings. The summed E-state index contributed by atoms with van der Waals surface area (Å²) in [6.07, 6.45) is 0. The fourth-order valence-corrected chi connectivity index (χ4v) is 2.46. The number of hydrogen-bond donors (Lipinski definition) is 1. The zero-order chi connectivity index (χ0) is 15.2. The predicted molar refractivity (Wildman–Crippen MR) is 86.3 cm³/mol. The van der Waals surface area contributed by atoms with Crippen LogP contribution >= 0.6 is 11.6 Å². The summed E-state index contributed by atoms with van der Waals surface area (Å²) in [5.41, 5.74) is 3.22. The largest absolute Gasteiger partial charge is 0.496 e. The maximum absolute atomic E-state index is 6.25. The van der Waals surface area contributed by atoms with E-state index in [9.17, 15) is 0 Å². The number of benzene rings is 2. The second-order valence-corrected chi connectivity index (χ2v) is 5.27. The first-order valence-electron chi connectivity index (χ1n) is 6.84. The van der Waals surface area contributed by atoms with E-state index in [-0.39, 0.29) is 0 Å². The molecule has 3 nitrogen and oxygen atoms in total. The van der Waals surface area contributed by atoms with E-state index >= 15 is 0 Å². The molecule has 112 valence electrons. The van der Waals surface area contributed by atoms with Gasteiger partial charge < -0.3 is 14.8 Å². The highest BCUT2D eigenvalue weighted by Crippen LogP contribution is 2.30. The summed E-state index contributed by atoms with van der Waals surface area (Å²) in [6, 6.07) is 11.8. The number of hydrogen-bond acceptors (Lipinski definition) is 3. The van der Waals surface area contributed by atoms with E-state index in [2.05, 4.69) is 11.4 Å². The number of ether oxygens (including phenoxy) is 2.